The van der Waals surface area contributed by atoms with Gasteiger partial charge in [0.05, 0.1) is 0 Å². The quantitative estimate of drug-likeness (QED) is 0.730. The SMILES string of the molecule is CCCCn1ccnc1C(=O)C(F)(F)F. The number of ketones is 1. The van der Waals surface area contributed by atoms with Gasteiger partial charge < -0.3 is 4.57 Å². The Morgan fingerprint density at radius 2 is 2.20 bits per heavy atom. The van der Waals surface area contributed by atoms with Gasteiger partial charge in [0, 0.05) is 18.9 Å². The monoisotopic (exact) mass is 220 g/mol. The first-order valence-corrected chi connectivity index (χ1v) is 4.59. The molecule has 0 aliphatic heterocycles. The second-order valence-corrected chi connectivity index (χ2v) is 3.12. The van der Waals surface area contributed by atoms with Crippen molar-refractivity contribution in [1.82, 2.24) is 9.55 Å². The predicted octanol–water partition coefficient (Wildman–Crippen LogP) is 2.43. The zero-order valence-electron chi connectivity index (χ0n) is 8.21. The number of nitrogens with zero attached hydrogens (tertiary/aromatic N) is 2. The number of hydrogen-bond acceptors (Lipinski definition) is 2. The van der Waals surface area contributed by atoms with Crippen LogP contribution in [-0.4, -0.2) is 21.5 Å². The molecule has 1 aromatic heterocycles. The first-order valence-electron chi connectivity index (χ1n) is 4.59. The first kappa shape index (κ1) is 11.7. The smallest absolute Gasteiger partial charge is 0.328 e. The standard InChI is InChI=1S/C9H11F3N2O/c1-2-3-5-14-6-4-13-8(14)7(15)9(10,11)12/h4,6H,2-3,5H2,1H3. The number of aryl methyl sites for hydroxylation is 1. The fourth-order valence-corrected chi connectivity index (χ4v) is 1.15. The van der Waals surface area contributed by atoms with Crippen LogP contribution in [0.15, 0.2) is 12.4 Å². The van der Waals surface area contributed by atoms with Crippen molar-refractivity contribution in [1.29, 1.82) is 0 Å². The molecule has 0 spiro atoms. The van der Waals surface area contributed by atoms with Crippen LogP contribution >= 0.6 is 0 Å². The van der Waals surface area contributed by atoms with Crippen molar-refractivity contribution < 1.29 is 18.0 Å². The predicted molar refractivity (Wildman–Crippen MR) is 47.5 cm³/mol. The van der Waals surface area contributed by atoms with Gasteiger partial charge in [0.1, 0.15) is 0 Å². The lowest BCUT2D eigenvalue weighted by atomic mass is 10.3. The first-order chi connectivity index (χ1) is 6.96. The molecule has 0 unspecified atom stereocenters. The average molecular weight is 220 g/mol. The van der Waals surface area contributed by atoms with Gasteiger partial charge in [-0.05, 0) is 6.42 Å². The molecule has 0 fully saturated rings. The summed E-state index contributed by atoms with van der Waals surface area (Å²) in [7, 11) is 0. The summed E-state index contributed by atoms with van der Waals surface area (Å²) in [5.74, 6) is -2.42. The summed E-state index contributed by atoms with van der Waals surface area (Å²) < 4.78 is 37.6. The van der Waals surface area contributed by atoms with Crippen molar-refractivity contribution >= 4 is 5.78 Å². The molecule has 0 amide bonds. The van der Waals surface area contributed by atoms with Crippen LogP contribution in [0.5, 0.6) is 0 Å². The maximum atomic E-state index is 12.1. The molecule has 0 atom stereocenters. The summed E-state index contributed by atoms with van der Waals surface area (Å²) in [6.07, 6.45) is -0.703. The largest absolute Gasteiger partial charge is 0.458 e. The number of hydrogen-bond donors (Lipinski definition) is 0. The van der Waals surface area contributed by atoms with Gasteiger partial charge in [-0.15, -0.1) is 0 Å². The number of carbonyl (C=O) groups excluding carboxylic acids is 1. The summed E-state index contributed by atoms with van der Waals surface area (Å²) in [6.45, 7) is 2.30. The topological polar surface area (TPSA) is 34.9 Å². The molecule has 0 aromatic carbocycles. The van der Waals surface area contributed by atoms with Gasteiger partial charge in [0.25, 0.3) is 0 Å². The van der Waals surface area contributed by atoms with E-state index in [1.807, 2.05) is 6.92 Å². The summed E-state index contributed by atoms with van der Waals surface area (Å²) >= 11 is 0. The third-order valence-corrected chi connectivity index (χ3v) is 1.93. The lowest BCUT2D eigenvalue weighted by Crippen LogP contribution is -2.26. The molecule has 0 radical (unpaired) electrons. The molecule has 0 aliphatic rings. The minimum absolute atomic E-state index is 0.383. The van der Waals surface area contributed by atoms with E-state index in [1.165, 1.54) is 17.0 Å². The van der Waals surface area contributed by atoms with Crippen molar-refractivity contribution in [3.05, 3.63) is 18.2 Å². The molecular weight excluding hydrogens is 209 g/mol. The average Bonchev–Trinajstić information content (AvgIpc) is 2.59. The van der Waals surface area contributed by atoms with Gasteiger partial charge >= 0.3 is 12.0 Å². The molecule has 1 heterocycles. The van der Waals surface area contributed by atoms with Crippen LogP contribution < -0.4 is 0 Å². The zero-order chi connectivity index (χ0) is 11.5. The normalized spacial score (nSPS) is 11.7. The van der Waals surface area contributed by atoms with Gasteiger partial charge in [-0.3, -0.25) is 4.79 Å². The van der Waals surface area contributed by atoms with E-state index in [1.54, 1.807) is 0 Å². The number of aromatic nitrogens is 2. The highest BCUT2D eigenvalue weighted by Crippen LogP contribution is 2.20. The second-order valence-electron chi connectivity index (χ2n) is 3.12. The molecular formula is C9H11F3N2O. The Morgan fingerprint density at radius 3 is 2.73 bits per heavy atom. The van der Waals surface area contributed by atoms with Crippen molar-refractivity contribution in [2.24, 2.45) is 0 Å². The number of alkyl halides is 3. The van der Waals surface area contributed by atoms with Crippen molar-refractivity contribution in [3.63, 3.8) is 0 Å². The number of rotatable bonds is 4. The van der Waals surface area contributed by atoms with Crippen molar-refractivity contribution in [2.75, 3.05) is 0 Å². The fraction of sp³-hybridized carbons (Fsp3) is 0.556. The van der Waals surface area contributed by atoms with Gasteiger partial charge in [0.15, 0.2) is 5.82 Å². The lowest BCUT2D eigenvalue weighted by molar-refractivity contribution is -0.0893. The van der Waals surface area contributed by atoms with Gasteiger partial charge in [0.2, 0.25) is 0 Å². The highest BCUT2D eigenvalue weighted by atomic mass is 19.4. The Hall–Kier alpha value is -1.33. The van der Waals surface area contributed by atoms with Crippen LogP contribution in [0.25, 0.3) is 0 Å². The van der Waals surface area contributed by atoms with Crippen molar-refractivity contribution in [2.45, 2.75) is 32.5 Å². The van der Waals surface area contributed by atoms with E-state index in [-0.39, 0.29) is 0 Å². The molecule has 6 heteroatoms. The Labute approximate surface area is 84.9 Å². The second kappa shape index (κ2) is 4.46. The van der Waals surface area contributed by atoms with E-state index < -0.39 is 17.8 Å². The van der Waals surface area contributed by atoms with Crippen LogP contribution in [0, 0.1) is 0 Å². The molecule has 3 nitrogen and oxygen atoms in total. The summed E-state index contributed by atoms with van der Waals surface area (Å²) in [6, 6.07) is 0. The number of unbranched alkanes of at least 4 members (excludes halogenated alkanes) is 1. The molecule has 84 valence electrons. The number of carbonyl (C=O) groups is 1. The Balaban J connectivity index is 2.85. The van der Waals surface area contributed by atoms with E-state index in [9.17, 15) is 18.0 Å². The van der Waals surface area contributed by atoms with Crippen LogP contribution in [-0.2, 0) is 6.54 Å². The molecule has 15 heavy (non-hydrogen) atoms. The molecule has 0 saturated heterocycles. The molecule has 0 aliphatic carbocycles. The third-order valence-electron chi connectivity index (χ3n) is 1.93. The Bertz CT molecular complexity index is 343. The van der Waals surface area contributed by atoms with Gasteiger partial charge in [-0.25, -0.2) is 4.98 Å². The highest BCUT2D eigenvalue weighted by molar-refractivity contribution is 5.97. The number of Topliss-reactive ketones (excluding diaryl/α,β-unsaturated/α-hetero) is 1. The van der Waals surface area contributed by atoms with E-state index in [0.29, 0.717) is 13.0 Å². The van der Waals surface area contributed by atoms with E-state index in [2.05, 4.69) is 4.98 Å². The Kier molecular flexibility index (Phi) is 3.49. The van der Waals surface area contributed by atoms with Crippen LogP contribution in [0.1, 0.15) is 30.4 Å². The number of halogens is 3. The maximum absolute atomic E-state index is 12.1. The summed E-state index contributed by atoms with van der Waals surface area (Å²) in [5, 5.41) is 0. The number of imidazole rings is 1. The summed E-state index contributed by atoms with van der Waals surface area (Å²) in [4.78, 5) is 14.3. The molecule has 0 bridgehead atoms. The molecule has 1 rings (SSSR count). The van der Waals surface area contributed by atoms with Crippen LogP contribution in [0.2, 0.25) is 0 Å². The highest BCUT2D eigenvalue weighted by Gasteiger charge is 2.41. The molecule has 0 N–H and O–H groups in total. The minimum atomic E-state index is -4.85. The minimum Gasteiger partial charge on any atom is -0.328 e. The molecule has 0 saturated carbocycles. The third kappa shape index (κ3) is 2.81. The van der Waals surface area contributed by atoms with Crippen LogP contribution in [0.4, 0.5) is 13.2 Å². The van der Waals surface area contributed by atoms with E-state index in [4.69, 9.17) is 0 Å². The summed E-state index contributed by atoms with van der Waals surface area (Å²) in [5.41, 5.74) is 0. The molecule has 1 aromatic rings. The van der Waals surface area contributed by atoms with E-state index >= 15 is 0 Å². The van der Waals surface area contributed by atoms with E-state index in [0.717, 1.165) is 6.42 Å². The fourth-order valence-electron chi connectivity index (χ4n) is 1.15. The maximum Gasteiger partial charge on any atom is 0.458 e. The van der Waals surface area contributed by atoms with Gasteiger partial charge in [-0.2, -0.15) is 13.2 Å². The Morgan fingerprint density at radius 1 is 1.53 bits per heavy atom. The van der Waals surface area contributed by atoms with Crippen molar-refractivity contribution in [3.8, 4) is 0 Å². The zero-order valence-corrected chi connectivity index (χ0v) is 8.21. The van der Waals surface area contributed by atoms with Gasteiger partial charge in [-0.1, -0.05) is 13.3 Å². The van der Waals surface area contributed by atoms with Crippen LogP contribution in [0.3, 0.4) is 0 Å². The lowest BCUT2D eigenvalue weighted by Gasteiger charge is -2.07.